The smallest absolute Gasteiger partial charge is 0.128 e. The van der Waals surface area contributed by atoms with E-state index in [1.807, 2.05) is 18.3 Å². The predicted molar refractivity (Wildman–Crippen MR) is 88.4 cm³/mol. The molecule has 4 rings (SSSR count). The van der Waals surface area contributed by atoms with E-state index in [1.54, 1.807) is 0 Å². The number of nitrogens with one attached hydrogen (secondary N) is 3. The van der Waals surface area contributed by atoms with E-state index in [0.717, 1.165) is 35.7 Å². The van der Waals surface area contributed by atoms with Crippen molar-refractivity contribution in [3.8, 4) is 0 Å². The van der Waals surface area contributed by atoms with Crippen molar-refractivity contribution < 1.29 is 0 Å². The van der Waals surface area contributed by atoms with Crippen molar-refractivity contribution in [3.05, 3.63) is 42.2 Å². The van der Waals surface area contributed by atoms with E-state index in [-0.39, 0.29) is 5.54 Å². The van der Waals surface area contributed by atoms with Crippen LogP contribution in [0.4, 0.5) is 11.4 Å². The Hall–Kier alpha value is -2.30. The molecule has 1 spiro atoms. The second-order valence-electron chi connectivity index (χ2n) is 6.16. The fourth-order valence-electron chi connectivity index (χ4n) is 3.51. The molecule has 0 saturated heterocycles. The van der Waals surface area contributed by atoms with Gasteiger partial charge >= 0.3 is 0 Å². The molecule has 0 radical (unpaired) electrons. The minimum atomic E-state index is -0.0388. The highest BCUT2D eigenvalue weighted by atomic mass is 15.2. The van der Waals surface area contributed by atoms with Gasteiger partial charge in [0.25, 0.3) is 0 Å². The Morgan fingerprint density at radius 1 is 1.09 bits per heavy atom. The molecule has 1 fully saturated rings. The standard InChI is InChI=1S/C17H21N5/c1-4-9-17(10-5-1)16(18-12-13-8-11-19-22-13)20-14-6-2-3-7-15(14)21-17/h2-3,6-8,11,21H,1,4-5,9-10,12H2,(H,18,20)(H,19,22). The summed E-state index contributed by atoms with van der Waals surface area (Å²) in [5.41, 5.74) is 3.13. The first-order valence-electron chi connectivity index (χ1n) is 8.05. The highest BCUT2D eigenvalue weighted by molar-refractivity contribution is 6.00. The number of anilines is 1. The lowest BCUT2D eigenvalue weighted by molar-refractivity contribution is 0.396. The van der Waals surface area contributed by atoms with Gasteiger partial charge in [0.2, 0.25) is 0 Å². The summed E-state index contributed by atoms with van der Waals surface area (Å²) in [5, 5.41) is 14.4. The molecule has 2 heterocycles. The molecule has 1 aromatic heterocycles. The number of fused-ring (bicyclic) bond motifs is 1. The van der Waals surface area contributed by atoms with E-state index in [2.05, 4.69) is 39.0 Å². The lowest BCUT2D eigenvalue weighted by Crippen LogP contribution is -2.54. The van der Waals surface area contributed by atoms with Crippen molar-refractivity contribution in [2.75, 3.05) is 5.32 Å². The summed E-state index contributed by atoms with van der Waals surface area (Å²) in [4.78, 5) is 4.93. The van der Waals surface area contributed by atoms with Gasteiger partial charge in [-0.3, -0.25) is 5.10 Å². The minimum Gasteiger partial charge on any atom is -0.371 e. The third kappa shape index (κ3) is 2.36. The Kier molecular flexibility index (Phi) is 3.33. The van der Waals surface area contributed by atoms with Gasteiger partial charge in [-0.25, -0.2) is 4.99 Å². The van der Waals surface area contributed by atoms with Gasteiger partial charge in [0.15, 0.2) is 0 Å². The summed E-state index contributed by atoms with van der Waals surface area (Å²) in [7, 11) is 0. The number of rotatable bonds is 2. The Morgan fingerprint density at radius 3 is 2.77 bits per heavy atom. The van der Waals surface area contributed by atoms with Gasteiger partial charge < -0.3 is 10.6 Å². The number of aliphatic imine (C=N–C) groups is 1. The van der Waals surface area contributed by atoms with Crippen LogP contribution in [0.5, 0.6) is 0 Å². The number of hydrogen-bond acceptors (Lipinski definition) is 4. The molecule has 0 bridgehead atoms. The van der Waals surface area contributed by atoms with Crippen LogP contribution in [0.25, 0.3) is 0 Å². The van der Waals surface area contributed by atoms with Crippen molar-refractivity contribution in [2.45, 2.75) is 44.2 Å². The molecule has 1 aliphatic carbocycles. The van der Waals surface area contributed by atoms with Gasteiger partial charge in [-0.05, 0) is 31.0 Å². The first kappa shape index (κ1) is 13.4. The third-order valence-electron chi connectivity index (χ3n) is 4.67. The van der Waals surface area contributed by atoms with E-state index in [1.165, 1.54) is 19.3 Å². The molecule has 1 aromatic carbocycles. The molecule has 1 saturated carbocycles. The first-order chi connectivity index (χ1) is 10.9. The van der Waals surface area contributed by atoms with Gasteiger partial charge in [0.1, 0.15) is 5.84 Å². The molecular weight excluding hydrogens is 274 g/mol. The lowest BCUT2D eigenvalue weighted by atomic mass is 9.79. The third-order valence-corrected chi connectivity index (χ3v) is 4.67. The number of amidine groups is 1. The van der Waals surface area contributed by atoms with Crippen molar-refractivity contribution >= 4 is 17.2 Å². The molecule has 114 valence electrons. The quantitative estimate of drug-likeness (QED) is 0.796. The first-order valence-corrected chi connectivity index (χ1v) is 8.05. The molecule has 3 N–H and O–H groups in total. The molecule has 5 nitrogen and oxygen atoms in total. The summed E-state index contributed by atoms with van der Waals surface area (Å²) in [5.74, 6) is 1.06. The number of H-pyrrole nitrogens is 1. The SMILES string of the molecule is c1ccc2c(c1)N=C(NCc1cc[nH]n1)C1(CCCCC1)N2. The fourth-order valence-corrected chi connectivity index (χ4v) is 3.51. The van der Waals surface area contributed by atoms with Crippen LogP contribution in [0.1, 0.15) is 37.8 Å². The zero-order valence-electron chi connectivity index (χ0n) is 12.6. The Labute approximate surface area is 130 Å². The Morgan fingerprint density at radius 2 is 1.95 bits per heavy atom. The van der Waals surface area contributed by atoms with Crippen LogP contribution in [0.3, 0.4) is 0 Å². The van der Waals surface area contributed by atoms with Crippen molar-refractivity contribution in [1.29, 1.82) is 0 Å². The molecule has 0 amide bonds. The Balaban J connectivity index is 1.65. The minimum absolute atomic E-state index is 0.0388. The largest absolute Gasteiger partial charge is 0.371 e. The number of aromatic nitrogens is 2. The van der Waals surface area contributed by atoms with Crippen LogP contribution >= 0.6 is 0 Å². The van der Waals surface area contributed by atoms with Crippen LogP contribution in [0.2, 0.25) is 0 Å². The predicted octanol–water partition coefficient (Wildman–Crippen LogP) is 3.36. The van der Waals surface area contributed by atoms with Crippen LogP contribution in [-0.2, 0) is 6.54 Å². The van der Waals surface area contributed by atoms with Crippen LogP contribution < -0.4 is 10.6 Å². The van der Waals surface area contributed by atoms with Crippen molar-refractivity contribution in [3.63, 3.8) is 0 Å². The summed E-state index contributed by atoms with van der Waals surface area (Å²) >= 11 is 0. The number of benzene rings is 1. The molecular formula is C17H21N5. The normalized spacial score (nSPS) is 19.2. The average molecular weight is 295 g/mol. The summed E-state index contributed by atoms with van der Waals surface area (Å²) in [6.45, 7) is 0.702. The summed E-state index contributed by atoms with van der Waals surface area (Å²) in [6.07, 6.45) is 7.93. The van der Waals surface area contributed by atoms with Crippen molar-refractivity contribution in [2.24, 2.45) is 4.99 Å². The number of para-hydroxylation sites is 2. The van der Waals surface area contributed by atoms with Gasteiger partial charge in [0.05, 0.1) is 29.2 Å². The average Bonchev–Trinajstić information content (AvgIpc) is 3.07. The van der Waals surface area contributed by atoms with E-state index in [0.29, 0.717) is 6.54 Å². The Bertz CT molecular complexity index is 668. The van der Waals surface area contributed by atoms with Gasteiger partial charge in [-0.15, -0.1) is 0 Å². The number of hydrogen-bond donors (Lipinski definition) is 3. The summed E-state index contributed by atoms with van der Waals surface area (Å²) < 4.78 is 0. The summed E-state index contributed by atoms with van der Waals surface area (Å²) in [6, 6.07) is 10.3. The van der Waals surface area contributed by atoms with Crippen molar-refractivity contribution in [1.82, 2.24) is 15.5 Å². The number of aromatic amines is 1. The monoisotopic (exact) mass is 295 g/mol. The molecule has 2 aromatic rings. The molecule has 5 heteroatoms. The van der Waals surface area contributed by atoms with Gasteiger partial charge in [-0.1, -0.05) is 31.4 Å². The van der Waals surface area contributed by atoms with E-state index >= 15 is 0 Å². The second-order valence-corrected chi connectivity index (χ2v) is 6.16. The zero-order chi connectivity index (χ0) is 14.8. The maximum atomic E-state index is 4.93. The van der Waals surface area contributed by atoms with Crippen LogP contribution in [0, 0.1) is 0 Å². The highest BCUT2D eigenvalue weighted by Gasteiger charge is 2.40. The fraction of sp³-hybridized carbons (Fsp3) is 0.412. The van der Waals surface area contributed by atoms with Gasteiger partial charge in [0, 0.05) is 6.20 Å². The van der Waals surface area contributed by atoms with Gasteiger partial charge in [-0.2, -0.15) is 5.10 Å². The maximum absolute atomic E-state index is 4.93. The van der Waals surface area contributed by atoms with E-state index in [9.17, 15) is 0 Å². The van der Waals surface area contributed by atoms with Crippen LogP contribution in [0.15, 0.2) is 41.5 Å². The maximum Gasteiger partial charge on any atom is 0.128 e. The zero-order valence-corrected chi connectivity index (χ0v) is 12.6. The molecule has 0 unspecified atom stereocenters. The molecule has 22 heavy (non-hydrogen) atoms. The molecule has 0 atom stereocenters. The van der Waals surface area contributed by atoms with E-state index < -0.39 is 0 Å². The molecule has 2 aliphatic rings. The lowest BCUT2D eigenvalue weighted by Gasteiger charge is -2.42. The van der Waals surface area contributed by atoms with Crippen LogP contribution in [-0.4, -0.2) is 21.6 Å². The highest BCUT2D eigenvalue weighted by Crippen LogP contribution is 2.40. The number of nitrogens with zero attached hydrogens (tertiary/aromatic N) is 2. The second kappa shape index (κ2) is 5.48. The van der Waals surface area contributed by atoms with E-state index in [4.69, 9.17) is 4.99 Å². The molecule has 1 aliphatic heterocycles. The topological polar surface area (TPSA) is 65.1 Å².